The Morgan fingerprint density at radius 1 is 1.22 bits per heavy atom. The zero-order valence-corrected chi connectivity index (χ0v) is 12.9. The summed E-state index contributed by atoms with van der Waals surface area (Å²) in [6, 6.07) is 6.05. The fraction of sp³-hybridized carbons (Fsp3) is 0.533. The van der Waals surface area contributed by atoms with Crippen LogP contribution in [0.25, 0.3) is 0 Å². The summed E-state index contributed by atoms with van der Waals surface area (Å²) in [6.45, 7) is -0.266. The first-order chi connectivity index (χ1) is 10.3. The molecule has 0 spiro atoms. The number of benzene rings is 1. The average molecular weight is 353 g/mol. The van der Waals surface area contributed by atoms with E-state index in [1.165, 1.54) is 12.1 Å². The smallest absolute Gasteiger partial charge is 0.346 e. The van der Waals surface area contributed by atoms with Gasteiger partial charge in [0.15, 0.2) is 0 Å². The Hall–Kier alpha value is -1.34. The van der Waals surface area contributed by atoms with Crippen molar-refractivity contribution in [3.63, 3.8) is 0 Å². The van der Waals surface area contributed by atoms with E-state index in [1.807, 2.05) is 0 Å². The first kappa shape index (κ1) is 18.0. The highest BCUT2D eigenvalue weighted by Crippen LogP contribution is 2.47. The van der Waals surface area contributed by atoms with Crippen LogP contribution >= 0.6 is 12.4 Å². The third-order valence-electron chi connectivity index (χ3n) is 4.47. The zero-order chi connectivity index (χ0) is 16.0. The van der Waals surface area contributed by atoms with Crippen molar-refractivity contribution in [1.82, 2.24) is 10.6 Å². The van der Waals surface area contributed by atoms with E-state index in [9.17, 15) is 22.4 Å². The van der Waals surface area contributed by atoms with E-state index in [2.05, 4.69) is 10.6 Å². The largest absolute Gasteiger partial charge is 0.393 e. The molecule has 1 aliphatic carbocycles. The minimum absolute atomic E-state index is 0. The van der Waals surface area contributed by atoms with Crippen molar-refractivity contribution in [2.75, 3.05) is 13.1 Å². The number of carbonyl (C=O) groups is 1. The molecule has 3 rings (SSSR count). The van der Waals surface area contributed by atoms with Crippen LogP contribution < -0.4 is 10.6 Å². The maximum absolute atomic E-state index is 13.9. The number of alkyl halides is 3. The second-order valence-corrected chi connectivity index (χ2v) is 5.96. The fourth-order valence-corrected chi connectivity index (χ4v) is 3.06. The van der Waals surface area contributed by atoms with E-state index < -0.39 is 35.3 Å². The molecule has 8 heteroatoms. The number of nitrogens with one attached hydrogen (secondary N) is 2. The molecule has 0 aromatic heterocycles. The first-order valence-electron chi connectivity index (χ1n) is 7.18. The summed E-state index contributed by atoms with van der Waals surface area (Å²) in [4.78, 5) is 12.3. The van der Waals surface area contributed by atoms with Crippen molar-refractivity contribution in [3.8, 4) is 0 Å². The molecule has 0 bridgehead atoms. The van der Waals surface area contributed by atoms with Crippen LogP contribution in [0.2, 0.25) is 0 Å². The minimum atomic E-state index is -4.42. The van der Waals surface area contributed by atoms with Crippen LogP contribution in [-0.2, 0) is 10.3 Å². The number of rotatable bonds is 3. The molecule has 3 nitrogen and oxygen atoms in total. The fourth-order valence-electron chi connectivity index (χ4n) is 3.06. The SMILES string of the molecule is Cl.O=C(NC1(c2ccccc2F)CC1)[C@@H]1CNC[C@H]1C(F)(F)F. The number of amides is 1. The molecule has 1 aliphatic heterocycles. The molecule has 1 aromatic carbocycles. The summed E-state index contributed by atoms with van der Waals surface area (Å²) in [6.07, 6.45) is -3.34. The highest BCUT2D eigenvalue weighted by molar-refractivity contribution is 5.85. The molecular formula is C15H17ClF4N2O. The Morgan fingerprint density at radius 2 is 1.87 bits per heavy atom. The van der Waals surface area contributed by atoms with Gasteiger partial charge in [-0.3, -0.25) is 4.79 Å². The molecule has 0 radical (unpaired) electrons. The second kappa shape index (κ2) is 6.28. The van der Waals surface area contributed by atoms with Crippen LogP contribution in [0.3, 0.4) is 0 Å². The molecule has 2 fully saturated rings. The van der Waals surface area contributed by atoms with Crippen molar-refractivity contribution >= 4 is 18.3 Å². The Bertz CT molecular complexity index is 589. The van der Waals surface area contributed by atoms with Gasteiger partial charge in [-0.2, -0.15) is 13.2 Å². The van der Waals surface area contributed by atoms with Crippen LogP contribution in [0.1, 0.15) is 18.4 Å². The normalized spacial score (nSPS) is 25.6. The van der Waals surface area contributed by atoms with Crippen LogP contribution in [0, 0.1) is 17.7 Å². The lowest BCUT2D eigenvalue weighted by molar-refractivity contribution is -0.182. The van der Waals surface area contributed by atoms with Gasteiger partial charge in [0.05, 0.1) is 17.4 Å². The van der Waals surface area contributed by atoms with Crippen LogP contribution in [0.4, 0.5) is 17.6 Å². The standard InChI is InChI=1S/C15H16F4N2O.ClH/c16-12-4-2-1-3-10(12)14(5-6-14)21-13(22)9-7-20-8-11(9)15(17,18)19;/h1-4,9,11,20H,5-8H2,(H,21,22);1H/t9-,11-;/m1./s1. The van der Waals surface area contributed by atoms with Gasteiger partial charge >= 0.3 is 6.18 Å². The van der Waals surface area contributed by atoms with Gasteiger partial charge in [-0.25, -0.2) is 4.39 Å². The van der Waals surface area contributed by atoms with Crippen molar-refractivity contribution in [1.29, 1.82) is 0 Å². The van der Waals surface area contributed by atoms with Gasteiger partial charge in [0.1, 0.15) is 5.82 Å². The molecule has 1 aromatic rings. The zero-order valence-electron chi connectivity index (χ0n) is 12.1. The molecule has 1 saturated carbocycles. The maximum atomic E-state index is 13.9. The summed E-state index contributed by atoms with van der Waals surface area (Å²) in [5.41, 5.74) is -0.501. The van der Waals surface area contributed by atoms with E-state index >= 15 is 0 Å². The summed E-state index contributed by atoms with van der Waals surface area (Å²) in [5, 5.41) is 5.26. The molecule has 0 unspecified atom stereocenters. The topological polar surface area (TPSA) is 41.1 Å². The first-order valence-corrected chi connectivity index (χ1v) is 7.18. The molecule has 1 saturated heterocycles. The molecule has 2 aliphatic rings. The van der Waals surface area contributed by atoms with E-state index in [1.54, 1.807) is 12.1 Å². The highest BCUT2D eigenvalue weighted by Gasteiger charge is 2.53. The Morgan fingerprint density at radius 3 is 2.43 bits per heavy atom. The van der Waals surface area contributed by atoms with Gasteiger partial charge in [-0.15, -0.1) is 12.4 Å². The minimum Gasteiger partial charge on any atom is -0.346 e. The van der Waals surface area contributed by atoms with Gasteiger partial charge in [-0.1, -0.05) is 18.2 Å². The monoisotopic (exact) mass is 352 g/mol. The van der Waals surface area contributed by atoms with E-state index in [0.29, 0.717) is 18.4 Å². The second-order valence-electron chi connectivity index (χ2n) is 5.96. The maximum Gasteiger partial charge on any atom is 0.393 e. The Balaban J connectivity index is 0.00000192. The van der Waals surface area contributed by atoms with Gasteiger partial charge in [0, 0.05) is 18.7 Å². The molecule has 2 atom stereocenters. The third-order valence-corrected chi connectivity index (χ3v) is 4.47. The number of hydrogen-bond acceptors (Lipinski definition) is 2. The van der Waals surface area contributed by atoms with Crippen molar-refractivity contribution in [2.45, 2.75) is 24.6 Å². The van der Waals surface area contributed by atoms with Gasteiger partial charge in [0.2, 0.25) is 5.91 Å². The molecule has 1 amide bonds. The van der Waals surface area contributed by atoms with Gasteiger partial charge in [-0.05, 0) is 18.9 Å². The summed E-state index contributed by atoms with van der Waals surface area (Å²) in [7, 11) is 0. The van der Waals surface area contributed by atoms with Crippen molar-refractivity contribution in [3.05, 3.63) is 35.6 Å². The molecule has 23 heavy (non-hydrogen) atoms. The average Bonchev–Trinajstić information content (AvgIpc) is 3.02. The van der Waals surface area contributed by atoms with Crippen LogP contribution in [-0.4, -0.2) is 25.2 Å². The lowest BCUT2D eigenvalue weighted by Crippen LogP contribution is -2.44. The molecule has 128 valence electrons. The lowest BCUT2D eigenvalue weighted by Gasteiger charge is -2.25. The van der Waals surface area contributed by atoms with Gasteiger partial charge in [0.25, 0.3) is 0 Å². The number of carbonyl (C=O) groups excluding carboxylic acids is 1. The molecular weight excluding hydrogens is 336 g/mol. The third kappa shape index (κ3) is 3.45. The molecule has 1 heterocycles. The van der Waals surface area contributed by atoms with E-state index in [0.717, 1.165) is 0 Å². The summed E-state index contributed by atoms with van der Waals surface area (Å²) < 4.78 is 52.7. The van der Waals surface area contributed by atoms with Gasteiger partial charge < -0.3 is 10.6 Å². The number of hydrogen-bond donors (Lipinski definition) is 2. The predicted octanol–water partition coefficient (Wildman–Crippen LogP) is 2.75. The van der Waals surface area contributed by atoms with Crippen molar-refractivity contribution in [2.24, 2.45) is 11.8 Å². The van der Waals surface area contributed by atoms with Crippen LogP contribution in [0.15, 0.2) is 24.3 Å². The summed E-state index contributed by atoms with van der Waals surface area (Å²) >= 11 is 0. The summed E-state index contributed by atoms with van der Waals surface area (Å²) in [5.74, 6) is -3.96. The highest BCUT2D eigenvalue weighted by atomic mass is 35.5. The Labute approximate surface area is 137 Å². The predicted molar refractivity (Wildman–Crippen MR) is 78.6 cm³/mol. The molecule has 2 N–H and O–H groups in total. The van der Waals surface area contributed by atoms with E-state index in [-0.39, 0.29) is 25.5 Å². The number of halogens is 5. The van der Waals surface area contributed by atoms with E-state index in [4.69, 9.17) is 0 Å². The lowest BCUT2D eigenvalue weighted by atomic mass is 9.93. The Kier molecular flexibility index (Phi) is 4.92. The quantitative estimate of drug-likeness (QED) is 0.821. The van der Waals surface area contributed by atoms with Crippen molar-refractivity contribution < 1.29 is 22.4 Å². The van der Waals surface area contributed by atoms with Crippen LogP contribution in [0.5, 0.6) is 0 Å².